The lowest BCUT2D eigenvalue weighted by Gasteiger charge is -2.39. The summed E-state index contributed by atoms with van der Waals surface area (Å²) in [4.78, 5) is 46.7. The molecule has 0 saturated heterocycles. The first-order valence-electron chi connectivity index (χ1n) is 17.7. The molecule has 0 spiro atoms. The molecule has 2 aliphatic rings. The van der Waals surface area contributed by atoms with Gasteiger partial charge in [-0.25, -0.2) is 9.59 Å². The van der Waals surface area contributed by atoms with E-state index >= 15 is 0 Å². The predicted octanol–water partition coefficient (Wildman–Crippen LogP) is 8.42. The molecular weight excluding hydrogens is 608 g/mol. The van der Waals surface area contributed by atoms with Crippen molar-refractivity contribution >= 4 is 34.6 Å². The van der Waals surface area contributed by atoms with Crippen LogP contribution in [-0.4, -0.2) is 47.3 Å². The number of hydrogen-bond acceptors (Lipinski definition) is 6. The van der Waals surface area contributed by atoms with Gasteiger partial charge in [-0.15, -0.1) is 0 Å². The Hall–Kier alpha value is -3.94. The molecule has 0 atom stereocenters. The van der Waals surface area contributed by atoms with Crippen LogP contribution in [0, 0.1) is 23.7 Å². The second-order valence-electron chi connectivity index (χ2n) is 14.0. The van der Waals surface area contributed by atoms with Crippen molar-refractivity contribution in [3.8, 4) is 0 Å². The van der Waals surface area contributed by atoms with Gasteiger partial charge in [-0.1, -0.05) is 69.3 Å². The molecular formula is C40H52O8. The standard InChI is InChI=1S/C40H52O8/c1-4-5-6-7-28-8-9-35-23-34(19-18-33(35)22-28)31-14-10-29(11-15-31)30-12-16-32(17-13-30)36(24-47-39(45)26(2)20-37(41)42)25-48-40(46)27(3)21-38(43)44/h8-9,18-19,22-23,29-32,36H,2-7,10-17,20-21,24-25H2,1H3,(H,41,42)(H,43,44). The highest BCUT2D eigenvalue weighted by molar-refractivity contribution is 5.93. The zero-order chi connectivity index (χ0) is 34.6. The van der Waals surface area contributed by atoms with Gasteiger partial charge in [0.25, 0.3) is 0 Å². The summed E-state index contributed by atoms with van der Waals surface area (Å²) in [6.45, 7) is 9.19. The molecule has 8 nitrogen and oxygen atoms in total. The SMILES string of the molecule is C=C(CC(=O)O)C(=O)OCC(COC(=O)C(=C)CC(=O)O)C1CCC(C2CCC(c3ccc4cc(CCCCC)ccc4c3)CC2)CC1. The molecule has 48 heavy (non-hydrogen) atoms. The van der Waals surface area contributed by atoms with Crippen molar-refractivity contribution in [3.05, 3.63) is 71.8 Å². The van der Waals surface area contributed by atoms with Gasteiger partial charge in [0.2, 0.25) is 0 Å². The highest BCUT2D eigenvalue weighted by atomic mass is 16.5. The quantitative estimate of drug-likeness (QED) is 0.0984. The molecule has 4 rings (SSSR count). The highest BCUT2D eigenvalue weighted by Gasteiger charge is 2.35. The number of carbonyl (C=O) groups excluding carboxylic acids is 2. The van der Waals surface area contributed by atoms with Crippen molar-refractivity contribution in [2.24, 2.45) is 23.7 Å². The molecule has 0 aromatic heterocycles. The zero-order valence-electron chi connectivity index (χ0n) is 28.4. The average Bonchev–Trinajstić information content (AvgIpc) is 3.07. The van der Waals surface area contributed by atoms with Gasteiger partial charge in [0.15, 0.2) is 0 Å². The molecule has 0 unspecified atom stereocenters. The summed E-state index contributed by atoms with van der Waals surface area (Å²) < 4.78 is 10.8. The minimum atomic E-state index is -1.17. The molecule has 0 bridgehead atoms. The smallest absolute Gasteiger partial charge is 0.334 e. The first-order valence-corrected chi connectivity index (χ1v) is 17.7. The molecule has 0 heterocycles. The maximum atomic E-state index is 12.4. The van der Waals surface area contributed by atoms with E-state index in [-0.39, 0.29) is 36.2 Å². The third-order valence-corrected chi connectivity index (χ3v) is 10.6. The molecule has 260 valence electrons. The van der Waals surface area contributed by atoms with E-state index in [0.717, 1.165) is 32.1 Å². The van der Waals surface area contributed by atoms with Gasteiger partial charge in [0, 0.05) is 17.1 Å². The van der Waals surface area contributed by atoms with Crippen LogP contribution in [0.3, 0.4) is 0 Å². The van der Waals surface area contributed by atoms with Crippen LogP contribution >= 0.6 is 0 Å². The monoisotopic (exact) mass is 660 g/mol. The largest absolute Gasteiger partial charge is 0.481 e. The summed E-state index contributed by atoms with van der Waals surface area (Å²) in [5.41, 5.74) is 2.58. The lowest BCUT2D eigenvalue weighted by molar-refractivity contribution is -0.148. The maximum Gasteiger partial charge on any atom is 0.334 e. The number of carbonyl (C=O) groups is 4. The Labute approximate surface area is 284 Å². The predicted molar refractivity (Wildman–Crippen MR) is 186 cm³/mol. The van der Waals surface area contributed by atoms with E-state index in [4.69, 9.17) is 19.7 Å². The van der Waals surface area contributed by atoms with E-state index < -0.39 is 36.7 Å². The number of benzene rings is 2. The molecule has 2 aromatic rings. The van der Waals surface area contributed by atoms with Crippen molar-refractivity contribution in [1.29, 1.82) is 0 Å². The second kappa shape index (κ2) is 18.0. The van der Waals surface area contributed by atoms with Crippen LogP contribution in [0.2, 0.25) is 0 Å². The normalized spacial score (nSPS) is 21.0. The van der Waals surface area contributed by atoms with Crippen LogP contribution < -0.4 is 0 Å². The summed E-state index contributed by atoms with van der Waals surface area (Å²) in [5.74, 6) is -2.17. The van der Waals surface area contributed by atoms with E-state index in [1.165, 1.54) is 66.8 Å². The second-order valence-corrected chi connectivity index (χ2v) is 14.0. The summed E-state index contributed by atoms with van der Waals surface area (Å²) >= 11 is 0. The van der Waals surface area contributed by atoms with E-state index in [9.17, 15) is 19.2 Å². The van der Waals surface area contributed by atoms with E-state index in [2.05, 4.69) is 56.5 Å². The Morgan fingerprint density at radius 1 is 0.729 bits per heavy atom. The molecule has 2 aromatic carbocycles. The third-order valence-electron chi connectivity index (χ3n) is 10.6. The van der Waals surface area contributed by atoms with E-state index in [1.54, 1.807) is 0 Å². The Morgan fingerprint density at radius 3 is 1.79 bits per heavy atom. The summed E-state index contributed by atoms with van der Waals surface area (Å²) in [5, 5.41) is 20.6. The Balaban J connectivity index is 1.29. The van der Waals surface area contributed by atoms with Gasteiger partial charge in [-0.3, -0.25) is 9.59 Å². The van der Waals surface area contributed by atoms with Crippen LogP contribution in [0.25, 0.3) is 10.8 Å². The van der Waals surface area contributed by atoms with Gasteiger partial charge in [-0.2, -0.15) is 0 Å². The number of rotatable bonds is 17. The number of ether oxygens (including phenoxy) is 2. The van der Waals surface area contributed by atoms with Crippen molar-refractivity contribution in [2.75, 3.05) is 13.2 Å². The fourth-order valence-electron chi connectivity index (χ4n) is 7.71. The zero-order valence-corrected chi connectivity index (χ0v) is 28.4. The van der Waals surface area contributed by atoms with Crippen LogP contribution in [0.5, 0.6) is 0 Å². The van der Waals surface area contributed by atoms with Crippen molar-refractivity contribution in [1.82, 2.24) is 0 Å². The lowest BCUT2D eigenvalue weighted by Crippen LogP contribution is -2.33. The molecule has 2 fully saturated rings. The first kappa shape index (κ1) is 36.9. The maximum absolute atomic E-state index is 12.4. The Morgan fingerprint density at radius 2 is 1.25 bits per heavy atom. The number of fused-ring (bicyclic) bond motifs is 1. The number of aliphatic carboxylic acids is 2. The fourth-order valence-corrected chi connectivity index (χ4v) is 7.71. The van der Waals surface area contributed by atoms with Gasteiger partial charge >= 0.3 is 23.9 Å². The van der Waals surface area contributed by atoms with Gasteiger partial charge in [0.1, 0.15) is 0 Å². The molecule has 0 amide bonds. The first-order chi connectivity index (χ1) is 23.0. The van der Waals surface area contributed by atoms with Crippen molar-refractivity contribution < 1.29 is 38.9 Å². The number of carboxylic acid groups (broad SMARTS) is 2. The highest BCUT2D eigenvalue weighted by Crippen LogP contribution is 2.45. The Bertz CT molecular complexity index is 1410. The molecule has 8 heteroatoms. The van der Waals surface area contributed by atoms with Crippen LogP contribution in [0.1, 0.15) is 107 Å². The molecule has 2 aliphatic carbocycles. The molecule has 2 saturated carbocycles. The topological polar surface area (TPSA) is 127 Å². The van der Waals surface area contributed by atoms with Crippen LogP contribution in [-0.2, 0) is 35.1 Å². The molecule has 0 aliphatic heterocycles. The van der Waals surface area contributed by atoms with E-state index in [1.807, 2.05) is 0 Å². The average molecular weight is 661 g/mol. The number of aryl methyl sites for hydroxylation is 1. The molecule has 0 radical (unpaired) electrons. The van der Waals surface area contributed by atoms with Crippen molar-refractivity contribution in [2.45, 2.75) is 103 Å². The number of carboxylic acids is 2. The van der Waals surface area contributed by atoms with Crippen LogP contribution in [0.4, 0.5) is 0 Å². The number of unbranched alkanes of at least 4 members (excludes halogenated alkanes) is 2. The number of esters is 2. The summed E-state index contributed by atoms with van der Waals surface area (Å²) in [6.07, 6.45) is 12.6. The molecule has 2 N–H and O–H groups in total. The van der Waals surface area contributed by atoms with Gasteiger partial charge in [-0.05, 0) is 110 Å². The number of hydrogen-bond donors (Lipinski definition) is 2. The third kappa shape index (κ3) is 10.8. The fraction of sp³-hybridized carbons (Fsp3) is 0.550. The lowest BCUT2D eigenvalue weighted by atomic mass is 9.67. The minimum Gasteiger partial charge on any atom is -0.481 e. The van der Waals surface area contributed by atoms with Crippen molar-refractivity contribution in [3.63, 3.8) is 0 Å². The Kier molecular flexibility index (Phi) is 13.8. The van der Waals surface area contributed by atoms with Crippen LogP contribution in [0.15, 0.2) is 60.7 Å². The van der Waals surface area contributed by atoms with Gasteiger partial charge < -0.3 is 19.7 Å². The van der Waals surface area contributed by atoms with E-state index in [0.29, 0.717) is 17.8 Å². The van der Waals surface area contributed by atoms with Gasteiger partial charge in [0.05, 0.1) is 26.1 Å². The summed E-state index contributed by atoms with van der Waals surface area (Å²) in [6, 6.07) is 14.0. The minimum absolute atomic E-state index is 0.0392. The summed E-state index contributed by atoms with van der Waals surface area (Å²) in [7, 11) is 0.